The van der Waals surface area contributed by atoms with Gasteiger partial charge in [-0.1, -0.05) is 36.4 Å². The number of nitrogens with zero attached hydrogens (tertiary/aromatic N) is 3. The van der Waals surface area contributed by atoms with E-state index >= 15 is 0 Å². The first-order chi connectivity index (χ1) is 12.3. The molecule has 1 aliphatic carbocycles. The molecule has 0 bridgehead atoms. The Bertz CT molecular complexity index is 516. The molecular formula is C19H29N5S. The van der Waals surface area contributed by atoms with E-state index in [9.17, 15) is 0 Å². The lowest BCUT2D eigenvalue weighted by Crippen LogP contribution is -2.69. The molecule has 0 aromatic heterocycles. The molecule has 0 amide bonds. The van der Waals surface area contributed by atoms with Gasteiger partial charge >= 0.3 is 0 Å². The standard InChI is InChI=1S/C13H23N5S.C6H6/c14-6-5-13(9-18(10-13)19-15)17-7-3-12(4-8-17)16-11-1-2-11;1-2-4-6-5-3-1/h11-12,16H,1-5,7-10,15H2;1-6H. The van der Waals surface area contributed by atoms with E-state index in [0.717, 1.165) is 32.2 Å². The van der Waals surface area contributed by atoms with Gasteiger partial charge in [0, 0.05) is 50.4 Å². The Balaban J connectivity index is 0.000000258. The number of nitrogens with one attached hydrogen (secondary N) is 1. The van der Waals surface area contributed by atoms with Gasteiger partial charge in [-0.25, -0.2) is 4.31 Å². The largest absolute Gasteiger partial charge is 0.311 e. The van der Waals surface area contributed by atoms with Crippen molar-refractivity contribution < 1.29 is 0 Å². The summed E-state index contributed by atoms with van der Waals surface area (Å²) in [4.78, 5) is 2.54. The van der Waals surface area contributed by atoms with Crippen LogP contribution < -0.4 is 10.5 Å². The van der Waals surface area contributed by atoms with Crippen molar-refractivity contribution in [3.63, 3.8) is 0 Å². The summed E-state index contributed by atoms with van der Waals surface area (Å²) in [7, 11) is 0. The Kier molecular flexibility index (Phi) is 6.74. The molecule has 4 rings (SSSR count). The van der Waals surface area contributed by atoms with Crippen LogP contribution in [0, 0.1) is 11.3 Å². The van der Waals surface area contributed by atoms with Crippen molar-refractivity contribution in [2.75, 3.05) is 26.2 Å². The number of rotatable bonds is 5. The zero-order valence-corrected chi connectivity index (χ0v) is 15.6. The Hall–Kier alpha value is -1.10. The molecule has 6 heteroatoms. The van der Waals surface area contributed by atoms with Gasteiger partial charge in [0.25, 0.3) is 0 Å². The molecule has 2 aliphatic heterocycles. The monoisotopic (exact) mass is 359 g/mol. The Labute approximate surface area is 155 Å². The number of nitrogens with two attached hydrogens (primary N) is 1. The van der Waals surface area contributed by atoms with Gasteiger partial charge in [0.05, 0.1) is 18.0 Å². The number of hydrogen-bond donors (Lipinski definition) is 2. The molecule has 25 heavy (non-hydrogen) atoms. The lowest BCUT2D eigenvalue weighted by Gasteiger charge is -2.55. The van der Waals surface area contributed by atoms with E-state index in [-0.39, 0.29) is 5.54 Å². The predicted octanol–water partition coefficient (Wildman–Crippen LogP) is 2.38. The second-order valence-corrected chi connectivity index (χ2v) is 8.05. The highest BCUT2D eigenvalue weighted by molar-refractivity contribution is 7.94. The molecule has 0 unspecified atom stereocenters. The summed E-state index contributed by atoms with van der Waals surface area (Å²) in [6.45, 7) is 4.11. The molecule has 136 valence electrons. The third-order valence-corrected chi connectivity index (χ3v) is 5.94. The van der Waals surface area contributed by atoms with E-state index in [2.05, 4.69) is 20.6 Å². The first-order valence-corrected chi connectivity index (χ1v) is 10.1. The van der Waals surface area contributed by atoms with Crippen LogP contribution >= 0.6 is 12.1 Å². The van der Waals surface area contributed by atoms with Gasteiger partial charge in [0.15, 0.2) is 0 Å². The number of nitriles is 1. The minimum atomic E-state index is 0.0751. The fourth-order valence-corrected chi connectivity index (χ4v) is 4.37. The Morgan fingerprint density at radius 2 is 1.52 bits per heavy atom. The lowest BCUT2D eigenvalue weighted by atomic mass is 9.84. The molecule has 0 atom stereocenters. The van der Waals surface area contributed by atoms with Gasteiger partial charge in [-0.2, -0.15) is 5.26 Å². The van der Waals surface area contributed by atoms with E-state index in [1.165, 1.54) is 37.8 Å². The van der Waals surface area contributed by atoms with Gasteiger partial charge in [-0.3, -0.25) is 10.0 Å². The smallest absolute Gasteiger partial charge is 0.0642 e. The third-order valence-electron chi connectivity index (χ3n) is 5.38. The molecule has 0 spiro atoms. The van der Waals surface area contributed by atoms with Crippen LogP contribution in [0.2, 0.25) is 0 Å². The molecule has 1 aromatic rings. The molecule has 5 nitrogen and oxygen atoms in total. The average Bonchev–Trinajstić information content (AvgIpc) is 3.45. The van der Waals surface area contributed by atoms with Crippen molar-refractivity contribution in [2.45, 2.75) is 49.7 Å². The van der Waals surface area contributed by atoms with Crippen molar-refractivity contribution in [1.82, 2.24) is 14.5 Å². The van der Waals surface area contributed by atoms with Crippen LogP contribution in [0.4, 0.5) is 0 Å². The summed E-state index contributed by atoms with van der Waals surface area (Å²) >= 11 is 1.31. The minimum Gasteiger partial charge on any atom is -0.311 e. The van der Waals surface area contributed by atoms with Crippen molar-refractivity contribution >= 4 is 12.1 Å². The third kappa shape index (κ3) is 5.19. The van der Waals surface area contributed by atoms with Crippen LogP contribution in [0.15, 0.2) is 36.4 Å². The maximum atomic E-state index is 9.09. The molecule has 0 radical (unpaired) electrons. The highest BCUT2D eigenvalue weighted by atomic mass is 32.2. The van der Waals surface area contributed by atoms with E-state index in [4.69, 9.17) is 10.4 Å². The normalized spacial score (nSPS) is 23.8. The summed E-state index contributed by atoms with van der Waals surface area (Å²) in [5.41, 5.74) is 0.0751. The maximum Gasteiger partial charge on any atom is 0.0642 e. The van der Waals surface area contributed by atoms with Crippen LogP contribution in [0.25, 0.3) is 0 Å². The van der Waals surface area contributed by atoms with Crippen LogP contribution in [0.1, 0.15) is 32.1 Å². The van der Waals surface area contributed by atoms with Crippen molar-refractivity contribution in [1.29, 1.82) is 5.26 Å². The average molecular weight is 360 g/mol. The van der Waals surface area contributed by atoms with Crippen molar-refractivity contribution in [2.24, 2.45) is 5.14 Å². The highest BCUT2D eigenvalue weighted by Crippen LogP contribution is 2.36. The molecule has 1 aromatic carbocycles. The Morgan fingerprint density at radius 3 is 1.96 bits per heavy atom. The highest BCUT2D eigenvalue weighted by Gasteiger charge is 2.48. The predicted molar refractivity (Wildman–Crippen MR) is 104 cm³/mol. The second-order valence-electron chi connectivity index (χ2n) is 7.32. The number of likely N-dealkylation sites (tertiary alicyclic amines) is 1. The molecule has 1 saturated carbocycles. The Morgan fingerprint density at radius 1 is 1.00 bits per heavy atom. The number of hydrogen-bond acceptors (Lipinski definition) is 6. The quantitative estimate of drug-likeness (QED) is 0.787. The summed E-state index contributed by atoms with van der Waals surface area (Å²) in [5, 5.41) is 18.4. The van der Waals surface area contributed by atoms with Crippen LogP contribution in [0.3, 0.4) is 0 Å². The van der Waals surface area contributed by atoms with Gasteiger partial charge < -0.3 is 5.32 Å². The summed E-state index contributed by atoms with van der Waals surface area (Å²) < 4.78 is 2.14. The van der Waals surface area contributed by atoms with E-state index in [1.54, 1.807) is 0 Å². The number of benzene rings is 1. The first-order valence-electron chi connectivity index (χ1n) is 9.25. The molecule has 2 saturated heterocycles. The van der Waals surface area contributed by atoms with Gasteiger partial charge in [0.1, 0.15) is 0 Å². The SMILES string of the molecule is N#CCC1(N2CCC(NC3CC3)CC2)CN(SN)C1.c1ccccc1. The minimum absolute atomic E-state index is 0.0751. The molecular weight excluding hydrogens is 330 g/mol. The lowest BCUT2D eigenvalue weighted by molar-refractivity contribution is -0.0212. The molecule has 2 heterocycles. The maximum absolute atomic E-state index is 9.09. The van der Waals surface area contributed by atoms with Crippen LogP contribution in [-0.2, 0) is 0 Å². The van der Waals surface area contributed by atoms with Crippen LogP contribution in [0.5, 0.6) is 0 Å². The van der Waals surface area contributed by atoms with E-state index in [0.29, 0.717) is 12.5 Å². The summed E-state index contributed by atoms with van der Waals surface area (Å²) in [6, 6.07) is 15.9. The summed E-state index contributed by atoms with van der Waals surface area (Å²) in [6.07, 6.45) is 5.80. The van der Waals surface area contributed by atoms with Crippen molar-refractivity contribution in [3.05, 3.63) is 36.4 Å². The van der Waals surface area contributed by atoms with Gasteiger partial charge in [0.2, 0.25) is 0 Å². The van der Waals surface area contributed by atoms with E-state index in [1.807, 2.05) is 36.4 Å². The van der Waals surface area contributed by atoms with Crippen LogP contribution in [-0.4, -0.2) is 53.0 Å². The van der Waals surface area contributed by atoms with Gasteiger partial charge in [-0.15, -0.1) is 0 Å². The fraction of sp³-hybridized carbons (Fsp3) is 0.632. The number of piperidine rings is 1. The first kappa shape index (κ1) is 18.7. The summed E-state index contributed by atoms with van der Waals surface area (Å²) in [5.74, 6) is 0. The second kappa shape index (κ2) is 9.02. The zero-order valence-electron chi connectivity index (χ0n) is 14.8. The van der Waals surface area contributed by atoms with E-state index < -0.39 is 0 Å². The molecule has 3 N–H and O–H groups in total. The molecule has 3 fully saturated rings. The molecule has 3 aliphatic rings. The topological polar surface area (TPSA) is 68.3 Å². The van der Waals surface area contributed by atoms with Gasteiger partial charge in [-0.05, 0) is 25.7 Å². The fourth-order valence-electron chi connectivity index (χ4n) is 3.74. The zero-order chi connectivity index (χ0) is 17.5. The van der Waals surface area contributed by atoms with Crippen molar-refractivity contribution in [3.8, 4) is 6.07 Å².